The number of fused-ring (bicyclic) bond motifs is 10. The summed E-state index contributed by atoms with van der Waals surface area (Å²) in [5, 5.41) is 0. The Morgan fingerprint density at radius 1 is 0.522 bits per heavy atom. The Bertz CT molecular complexity index is 1140. The Morgan fingerprint density at radius 3 is 0.957 bits per heavy atom. The van der Waals surface area contributed by atoms with Gasteiger partial charge >= 0.3 is 132 Å². The zero-order valence-electron chi connectivity index (χ0n) is 16.4. The van der Waals surface area contributed by atoms with E-state index in [1.807, 2.05) is 0 Å². The van der Waals surface area contributed by atoms with E-state index in [1.54, 1.807) is 0 Å². The van der Waals surface area contributed by atoms with Crippen LogP contribution in [0.15, 0.2) is 0 Å². The van der Waals surface area contributed by atoms with Gasteiger partial charge in [-0.15, -0.1) is 0 Å². The van der Waals surface area contributed by atoms with Crippen LogP contribution in [0.3, 0.4) is 0 Å². The molecular weight excluding hydrogens is 320 g/mol. The molecule has 130 valence electrons. The summed E-state index contributed by atoms with van der Waals surface area (Å²) in [4.78, 5) is 9.71. The fourth-order valence-electron chi connectivity index (χ4n) is 23.7. The fraction of sp³-hybridized carbons (Fsp3) is 1.00. The average Bonchev–Trinajstić information content (AvgIpc) is 3.28. The third-order valence-electron chi connectivity index (χ3n) is 18.2. The molecule has 1 spiro atoms. The van der Waals surface area contributed by atoms with Gasteiger partial charge in [0, 0.05) is 0 Å². The molecular formula is C22H34Fe. The van der Waals surface area contributed by atoms with Gasteiger partial charge in [-0.25, -0.2) is 0 Å². The van der Waals surface area contributed by atoms with Crippen molar-refractivity contribution in [1.29, 1.82) is 0 Å². The van der Waals surface area contributed by atoms with Gasteiger partial charge in [0.05, 0.1) is 0 Å². The third kappa shape index (κ3) is 0.132. The number of hydrogen-bond acceptors (Lipinski definition) is 0. The quantitative estimate of drug-likeness (QED) is 0.392. The third-order valence-corrected chi connectivity index (χ3v) is 63.0. The molecule has 0 aromatic rings. The van der Waals surface area contributed by atoms with E-state index in [1.165, 1.54) is 33.7 Å². The van der Waals surface area contributed by atoms with E-state index in [0.29, 0.717) is 16.2 Å². The van der Waals surface area contributed by atoms with Crippen molar-refractivity contribution in [1.82, 2.24) is 0 Å². The van der Waals surface area contributed by atoms with Gasteiger partial charge in [-0.2, -0.15) is 0 Å². The first-order valence-electron chi connectivity index (χ1n) is 10.3. The molecule has 0 nitrogen and oxygen atoms in total. The molecule has 0 bridgehead atoms. The summed E-state index contributed by atoms with van der Waals surface area (Å²) in [6.07, 6.45) is 0. The predicted octanol–water partition coefficient (Wildman–Crippen LogP) is 7.62. The fourth-order valence-corrected chi connectivity index (χ4v) is 111. The van der Waals surface area contributed by atoms with Crippen LogP contribution in [-0.2, 0) is 6.51 Å². The van der Waals surface area contributed by atoms with Crippen molar-refractivity contribution < 1.29 is 6.51 Å². The first-order valence-corrected chi connectivity index (χ1v) is 16.4. The van der Waals surface area contributed by atoms with Crippen LogP contribution < -0.4 is 0 Å². The molecule has 0 radical (unpaired) electrons. The molecule has 0 N–H and O–H groups in total. The molecule has 23 heavy (non-hydrogen) atoms. The summed E-state index contributed by atoms with van der Waals surface area (Å²) in [6, 6.07) is 0. The van der Waals surface area contributed by atoms with E-state index in [0.717, 1.165) is 12.9 Å². The van der Waals surface area contributed by atoms with Gasteiger partial charge in [0.25, 0.3) is 0 Å². The molecule has 10 saturated heterocycles. The summed E-state index contributed by atoms with van der Waals surface area (Å²) in [7, 11) is 0. The molecule has 4 atom stereocenters. The number of rotatable bonds is 0. The van der Waals surface area contributed by atoms with E-state index in [9.17, 15) is 0 Å². The Balaban J connectivity index is 1.62. The summed E-state index contributed by atoms with van der Waals surface area (Å²) in [5.41, 5.74) is 1.78. The Morgan fingerprint density at radius 2 is 0.826 bits per heavy atom. The average molecular weight is 354 g/mol. The monoisotopic (exact) mass is 354 g/mol. The SMILES string of the molecule is CC(C)(C)[C]12[CH]3[CH]4[C]5(C(C)(C)C)[C]1(C(C)(C)C)[Fe]34251678[CH]2[CH]1[CH]6[CH]7[CH]28. The predicted molar refractivity (Wildman–Crippen MR) is 92.7 cm³/mol. The molecule has 0 amide bonds. The van der Waals surface area contributed by atoms with Crippen molar-refractivity contribution in [3.05, 3.63) is 0 Å². The molecule has 10 rings (SSSR count). The molecule has 10 aliphatic heterocycles. The summed E-state index contributed by atoms with van der Waals surface area (Å²) in [5.74, 6) is 0. The van der Waals surface area contributed by atoms with Gasteiger partial charge in [0.2, 0.25) is 0 Å². The van der Waals surface area contributed by atoms with Crippen LogP contribution in [0.1, 0.15) is 62.3 Å². The second-order valence-electron chi connectivity index (χ2n) is 16.6. The summed E-state index contributed by atoms with van der Waals surface area (Å²) in [6.45, 7) is 20.9. The van der Waals surface area contributed by atoms with Gasteiger partial charge in [-0.05, 0) is 0 Å². The van der Waals surface area contributed by atoms with Crippen molar-refractivity contribution in [2.45, 2.75) is 109 Å². The van der Waals surface area contributed by atoms with Crippen LogP contribution in [0.5, 0.6) is 0 Å². The van der Waals surface area contributed by atoms with Crippen LogP contribution in [-0.4, -0.2) is 0 Å². The van der Waals surface area contributed by atoms with Gasteiger partial charge < -0.3 is 0 Å². The summed E-state index contributed by atoms with van der Waals surface area (Å²) >= 11 is 0. The van der Waals surface area contributed by atoms with Gasteiger partial charge in [-0.3, -0.25) is 0 Å². The van der Waals surface area contributed by atoms with Gasteiger partial charge in [0.15, 0.2) is 0 Å². The molecule has 4 unspecified atom stereocenters. The van der Waals surface area contributed by atoms with E-state index in [-0.39, 0.29) is 0 Å². The normalized spacial score (nSPS) is 100. The van der Waals surface area contributed by atoms with E-state index in [4.69, 9.17) is 0 Å². The standard InChI is InChI=1S/C17H29.C5H5.Fe/c1-15(2,3)12-10-11-13(16(4,5)6)14(12)17(7,8)9;1-2-4-5-3-1;/h10-11H,1-9H3;1-5H;. The van der Waals surface area contributed by atoms with Gasteiger partial charge in [-0.1, -0.05) is 0 Å². The van der Waals surface area contributed by atoms with Crippen LogP contribution in [0.25, 0.3) is 0 Å². The molecule has 10 fully saturated rings. The Labute approximate surface area is 131 Å². The van der Waals surface area contributed by atoms with Crippen molar-refractivity contribution in [2.75, 3.05) is 0 Å². The number of hydrogen-bond donors (Lipinski definition) is 0. The molecule has 10 aliphatic rings. The van der Waals surface area contributed by atoms with Crippen LogP contribution >= 0.6 is 0 Å². The van der Waals surface area contributed by atoms with E-state index < -0.39 is 6.51 Å². The first-order chi connectivity index (χ1) is 10.1. The maximum absolute atomic E-state index is 3.49. The van der Waals surface area contributed by atoms with Crippen molar-refractivity contribution in [2.24, 2.45) is 16.2 Å². The van der Waals surface area contributed by atoms with Gasteiger partial charge in [0.1, 0.15) is 0 Å². The second-order valence-corrected chi connectivity index (χ2v) is 39.4. The molecule has 1 heteroatoms. The molecule has 0 aliphatic carbocycles. The van der Waals surface area contributed by atoms with E-state index >= 15 is 0 Å². The van der Waals surface area contributed by atoms with E-state index in [2.05, 4.69) is 62.3 Å². The second kappa shape index (κ2) is 0.992. The van der Waals surface area contributed by atoms with Crippen LogP contribution in [0.4, 0.5) is 0 Å². The molecule has 0 aromatic carbocycles. The van der Waals surface area contributed by atoms with Crippen molar-refractivity contribution >= 4 is 0 Å². The minimum absolute atomic E-state index is 0.577. The van der Waals surface area contributed by atoms with Crippen LogP contribution in [0.2, 0.25) is 46.7 Å². The first kappa shape index (κ1) is 11.3. The minimum atomic E-state index is -3.49. The molecule has 0 saturated carbocycles. The van der Waals surface area contributed by atoms with Crippen molar-refractivity contribution in [3.8, 4) is 0 Å². The molecule has 10 heterocycles. The molecule has 0 aromatic heterocycles. The maximum atomic E-state index is 2.72. The zero-order valence-corrected chi connectivity index (χ0v) is 17.5. The van der Waals surface area contributed by atoms with Crippen molar-refractivity contribution in [3.63, 3.8) is 0 Å². The topological polar surface area (TPSA) is 0 Å². The van der Waals surface area contributed by atoms with Crippen LogP contribution in [0, 0.1) is 16.2 Å². The summed E-state index contributed by atoms with van der Waals surface area (Å²) < 4.78 is 2.75. The Kier molecular flexibility index (Phi) is 0.487. The Hall–Kier alpha value is 0.519. The zero-order chi connectivity index (χ0) is 16.4.